The van der Waals surface area contributed by atoms with Gasteiger partial charge in [-0.25, -0.2) is 0 Å². The molecule has 1 heterocycles. The third-order valence-electron chi connectivity index (χ3n) is 3.32. The summed E-state index contributed by atoms with van der Waals surface area (Å²) in [5.74, 6) is 0.0643. The van der Waals surface area contributed by atoms with Crippen molar-refractivity contribution in [2.45, 2.75) is 39.2 Å². The Bertz CT molecular complexity index is 559. The van der Waals surface area contributed by atoms with E-state index in [0.717, 1.165) is 19.3 Å². The Hall–Kier alpha value is -2.31. The lowest BCUT2D eigenvalue weighted by molar-refractivity contribution is -0.384. The van der Waals surface area contributed by atoms with Crippen LogP contribution in [-0.2, 0) is 4.79 Å². The first kappa shape index (κ1) is 15.1. The average Bonchev–Trinajstić information content (AvgIpc) is 2.44. The highest BCUT2D eigenvalue weighted by molar-refractivity contribution is 5.96. The molecule has 0 bridgehead atoms. The third kappa shape index (κ3) is 3.62. The molecule has 1 unspecified atom stereocenters. The molecule has 0 aliphatic carbocycles. The maximum atomic E-state index is 11.3. The van der Waals surface area contributed by atoms with E-state index in [-0.39, 0.29) is 24.2 Å². The third-order valence-corrected chi connectivity index (χ3v) is 3.32. The predicted octanol–water partition coefficient (Wildman–Crippen LogP) is 2.92. The van der Waals surface area contributed by atoms with Gasteiger partial charge in [0.2, 0.25) is 0 Å². The number of carbonyl (C=O) groups is 1. The molecule has 0 saturated heterocycles. The normalized spacial score (nSPS) is 14.7. The number of nitrogens with one attached hydrogen (secondary N) is 2. The summed E-state index contributed by atoms with van der Waals surface area (Å²) in [5.41, 5.74) is 0.809. The zero-order valence-corrected chi connectivity index (χ0v) is 12.1. The Morgan fingerprint density at radius 1 is 1.52 bits per heavy atom. The van der Waals surface area contributed by atoms with Gasteiger partial charge in [-0.2, -0.15) is 0 Å². The van der Waals surface area contributed by atoms with E-state index in [1.165, 1.54) is 6.07 Å². The first-order chi connectivity index (χ1) is 10.0. The maximum Gasteiger partial charge on any atom is 0.296 e. The van der Waals surface area contributed by atoms with Crippen molar-refractivity contribution < 1.29 is 14.5 Å². The van der Waals surface area contributed by atoms with Crippen LogP contribution in [0.2, 0.25) is 0 Å². The molecule has 1 aliphatic heterocycles. The predicted molar refractivity (Wildman–Crippen MR) is 79.8 cm³/mol. The lowest BCUT2D eigenvalue weighted by Gasteiger charge is -2.20. The van der Waals surface area contributed by atoms with Crippen LogP contribution in [-0.4, -0.2) is 23.5 Å². The van der Waals surface area contributed by atoms with Crippen LogP contribution < -0.4 is 15.4 Å². The molecule has 2 rings (SSSR count). The summed E-state index contributed by atoms with van der Waals surface area (Å²) < 4.78 is 5.21. The summed E-state index contributed by atoms with van der Waals surface area (Å²) >= 11 is 0. The van der Waals surface area contributed by atoms with Crippen molar-refractivity contribution in [1.82, 2.24) is 0 Å². The first-order valence-corrected chi connectivity index (χ1v) is 7.03. The van der Waals surface area contributed by atoms with E-state index in [2.05, 4.69) is 17.6 Å². The lowest BCUT2D eigenvalue weighted by atomic mass is 10.1. The molecule has 7 nitrogen and oxygen atoms in total. The molecular weight excluding hydrogens is 274 g/mol. The number of nitro benzene ring substituents is 1. The Balaban J connectivity index is 2.27. The number of rotatable bonds is 6. The summed E-state index contributed by atoms with van der Waals surface area (Å²) in [5, 5.41) is 17.0. The Morgan fingerprint density at radius 3 is 2.95 bits per heavy atom. The van der Waals surface area contributed by atoms with Crippen molar-refractivity contribution in [3.63, 3.8) is 0 Å². The van der Waals surface area contributed by atoms with Gasteiger partial charge in [-0.1, -0.05) is 19.8 Å². The second-order valence-electron chi connectivity index (χ2n) is 5.15. The molecule has 1 aromatic rings. The number of carbonyl (C=O) groups excluding carboxylic acids is 1. The fraction of sp³-hybridized carbons (Fsp3) is 0.500. The van der Waals surface area contributed by atoms with Gasteiger partial charge in [-0.05, 0) is 19.4 Å². The van der Waals surface area contributed by atoms with Crippen LogP contribution in [0.15, 0.2) is 12.1 Å². The van der Waals surface area contributed by atoms with E-state index >= 15 is 0 Å². The monoisotopic (exact) mass is 293 g/mol. The number of fused-ring (bicyclic) bond motifs is 1. The molecule has 1 amide bonds. The van der Waals surface area contributed by atoms with Crippen LogP contribution in [0.1, 0.15) is 33.1 Å². The van der Waals surface area contributed by atoms with Crippen molar-refractivity contribution >= 4 is 23.0 Å². The van der Waals surface area contributed by atoms with Crippen LogP contribution >= 0.6 is 0 Å². The van der Waals surface area contributed by atoms with Gasteiger partial charge < -0.3 is 15.4 Å². The van der Waals surface area contributed by atoms with E-state index in [0.29, 0.717) is 17.1 Å². The number of benzene rings is 1. The van der Waals surface area contributed by atoms with Crippen molar-refractivity contribution in [2.75, 3.05) is 17.2 Å². The second kappa shape index (κ2) is 6.43. The zero-order chi connectivity index (χ0) is 15.4. The van der Waals surface area contributed by atoms with Crippen LogP contribution in [0, 0.1) is 10.1 Å². The number of nitrogens with zero attached hydrogens (tertiary/aromatic N) is 1. The molecule has 7 heteroatoms. The van der Waals surface area contributed by atoms with Gasteiger partial charge in [0.15, 0.2) is 12.4 Å². The minimum atomic E-state index is -0.449. The lowest BCUT2D eigenvalue weighted by Crippen LogP contribution is -2.26. The minimum absolute atomic E-state index is 0.0479. The van der Waals surface area contributed by atoms with E-state index in [9.17, 15) is 14.9 Å². The number of ether oxygens (including phenoxy) is 1. The molecule has 0 aromatic heterocycles. The van der Waals surface area contributed by atoms with Crippen molar-refractivity contribution in [2.24, 2.45) is 0 Å². The minimum Gasteiger partial charge on any atom is -0.481 e. The summed E-state index contributed by atoms with van der Waals surface area (Å²) in [7, 11) is 0. The molecule has 0 radical (unpaired) electrons. The maximum absolute atomic E-state index is 11.3. The molecule has 21 heavy (non-hydrogen) atoms. The SMILES string of the molecule is CCCCC(C)Nc1cc2c(cc1[N+](=O)[O-])OCC(=O)N2. The number of hydrogen-bond donors (Lipinski definition) is 2. The quantitative estimate of drug-likeness (QED) is 0.621. The zero-order valence-electron chi connectivity index (χ0n) is 12.1. The van der Waals surface area contributed by atoms with Gasteiger partial charge >= 0.3 is 0 Å². The highest BCUT2D eigenvalue weighted by Gasteiger charge is 2.24. The number of nitro groups is 1. The van der Waals surface area contributed by atoms with Crippen LogP contribution in [0.4, 0.5) is 17.1 Å². The Kier molecular flexibility index (Phi) is 4.62. The molecule has 0 spiro atoms. The van der Waals surface area contributed by atoms with Crippen molar-refractivity contribution in [3.8, 4) is 5.75 Å². The van der Waals surface area contributed by atoms with Crippen LogP contribution in [0.3, 0.4) is 0 Å². The van der Waals surface area contributed by atoms with E-state index < -0.39 is 4.92 Å². The largest absolute Gasteiger partial charge is 0.481 e. The number of anilines is 2. The van der Waals surface area contributed by atoms with Crippen LogP contribution in [0.25, 0.3) is 0 Å². The second-order valence-corrected chi connectivity index (χ2v) is 5.15. The molecule has 114 valence electrons. The number of hydrogen-bond acceptors (Lipinski definition) is 5. The van der Waals surface area contributed by atoms with Crippen molar-refractivity contribution in [3.05, 3.63) is 22.2 Å². The van der Waals surface area contributed by atoms with E-state index in [1.54, 1.807) is 6.07 Å². The standard InChI is InChI=1S/C14H19N3O4/c1-3-4-5-9(2)15-10-6-11-13(7-12(10)17(19)20)21-8-14(18)16-11/h6-7,9,15H,3-5,8H2,1-2H3,(H,16,18). The Morgan fingerprint density at radius 2 is 2.29 bits per heavy atom. The smallest absolute Gasteiger partial charge is 0.296 e. The summed E-state index contributed by atoms with van der Waals surface area (Å²) in [6.45, 7) is 3.96. The van der Waals surface area contributed by atoms with E-state index in [1.807, 2.05) is 6.92 Å². The van der Waals surface area contributed by atoms with Gasteiger partial charge in [0, 0.05) is 6.04 Å². The van der Waals surface area contributed by atoms with E-state index in [4.69, 9.17) is 4.74 Å². The molecule has 0 fully saturated rings. The highest BCUT2D eigenvalue weighted by atomic mass is 16.6. The molecule has 0 saturated carbocycles. The fourth-order valence-corrected chi connectivity index (χ4v) is 2.23. The van der Waals surface area contributed by atoms with Gasteiger partial charge in [0.05, 0.1) is 16.7 Å². The summed E-state index contributed by atoms with van der Waals surface area (Å²) in [6, 6.07) is 3.03. The fourth-order valence-electron chi connectivity index (χ4n) is 2.23. The molecule has 1 atom stereocenters. The molecule has 1 aliphatic rings. The number of unbranched alkanes of at least 4 members (excludes halogenated alkanes) is 1. The molecular formula is C14H19N3O4. The van der Waals surface area contributed by atoms with Gasteiger partial charge in [0.1, 0.15) is 5.69 Å². The van der Waals surface area contributed by atoms with Gasteiger partial charge in [0.25, 0.3) is 11.6 Å². The first-order valence-electron chi connectivity index (χ1n) is 7.03. The number of amides is 1. The summed E-state index contributed by atoms with van der Waals surface area (Å²) in [6.07, 6.45) is 3.04. The van der Waals surface area contributed by atoms with Gasteiger partial charge in [-0.15, -0.1) is 0 Å². The van der Waals surface area contributed by atoms with Crippen LogP contribution in [0.5, 0.6) is 5.75 Å². The summed E-state index contributed by atoms with van der Waals surface area (Å²) in [4.78, 5) is 22.1. The Labute approximate surface area is 122 Å². The topological polar surface area (TPSA) is 93.5 Å². The molecule has 1 aromatic carbocycles. The molecule has 2 N–H and O–H groups in total. The average molecular weight is 293 g/mol. The highest BCUT2D eigenvalue weighted by Crippen LogP contribution is 2.38. The van der Waals surface area contributed by atoms with Gasteiger partial charge in [-0.3, -0.25) is 14.9 Å². The van der Waals surface area contributed by atoms with Crippen molar-refractivity contribution in [1.29, 1.82) is 0 Å².